The zero-order valence-corrected chi connectivity index (χ0v) is 52.4. The summed E-state index contributed by atoms with van der Waals surface area (Å²) in [5.74, 6) is -0.0586. The Hall–Kier alpha value is -2.18. The highest BCUT2D eigenvalue weighted by atomic mass is 16.5. The lowest BCUT2D eigenvalue weighted by atomic mass is 10.0. The molecule has 1 amide bonds. The second-order valence-electron chi connectivity index (χ2n) is 23.9. The van der Waals surface area contributed by atoms with E-state index in [0.717, 1.165) is 51.4 Å². The van der Waals surface area contributed by atoms with Crippen molar-refractivity contribution in [3.05, 3.63) is 48.6 Å². The molecule has 0 saturated heterocycles. The molecule has 0 aliphatic heterocycles. The molecule has 0 aliphatic carbocycles. The number of hydrogen-bond donors (Lipinski definition) is 3. The van der Waals surface area contributed by atoms with Gasteiger partial charge in [0.15, 0.2) is 0 Å². The minimum atomic E-state index is -0.840. The largest absolute Gasteiger partial charge is 0.466 e. The standard InChI is InChI=1S/C72H135NO5/c1-3-5-7-9-11-13-15-41-46-50-54-58-62-66-72(77)78-67-63-59-55-51-47-43-40-38-36-34-32-30-28-26-24-22-20-18-16-17-19-21-23-25-27-29-31-33-35-37-39-42-45-49-53-57-61-65-71(76)73-69(68-74)70(75)64-60-56-52-48-44-14-12-10-8-6-4-2/h7,9,13,15-16,18,60,64,69-70,74-75H,3-6,8,10-12,14,17,19-59,61-63,65-68H2,1-2H3,(H,73,76)/b9-7-,15-13-,18-16-,64-60+. The van der Waals surface area contributed by atoms with Gasteiger partial charge < -0.3 is 20.3 Å². The first-order chi connectivity index (χ1) is 38.5. The van der Waals surface area contributed by atoms with Crippen molar-refractivity contribution in [3.8, 4) is 0 Å². The molecule has 3 N–H and O–H groups in total. The van der Waals surface area contributed by atoms with Crippen LogP contribution in [0.15, 0.2) is 48.6 Å². The molecule has 0 fully saturated rings. The van der Waals surface area contributed by atoms with Crippen LogP contribution >= 0.6 is 0 Å². The van der Waals surface area contributed by atoms with Crippen molar-refractivity contribution < 1.29 is 24.5 Å². The Kier molecular flexibility index (Phi) is 65.4. The van der Waals surface area contributed by atoms with Gasteiger partial charge in [0.2, 0.25) is 5.91 Å². The number of allylic oxidation sites excluding steroid dienone is 7. The van der Waals surface area contributed by atoms with Crippen LogP contribution < -0.4 is 5.32 Å². The molecule has 0 aromatic carbocycles. The van der Waals surface area contributed by atoms with Crippen molar-refractivity contribution >= 4 is 11.9 Å². The van der Waals surface area contributed by atoms with Gasteiger partial charge in [0.05, 0.1) is 25.4 Å². The minimum Gasteiger partial charge on any atom is -0.466 e. The summed E-state index contributed by atoms with van der Waals surface area (Å²) in [5, 5.41) is 23.1. The van der Waals surface area contributed by atoms with Gasteiger partial charge in [-0.3, -0.25) is 9.59 Å². The Morgan fingerprint density at radius 2 is 0.667 bits per heavy atom. The van der Waals surface area contributed by atoms with Gasteiger partial charge in [-0.1, -0.05) is 326 Å². The Morgan fingerprint density at radius 3 is 1.04 bits per heavy atom. The summed E-state index contributed by atoms with van der Waals surface area (Å²) >= 11 is 0. The van der Waals surface area contributed by atoms with E-state index in [1.807, 2.05) is 6.08 Å². The van der Waals surface area contributed by atoms with Gasteiger partial charge >= 0.3 is 5.97 Å². The van der Waals surface area contributed by atoms with E-state index in [-0.39, 0.29) is 18.5 Å². The Labute approximate surface area is 486 Å². The third kappa shape index (κ3) is 63.0. The smallest absolute Gasteiger partial charge is 0.305 e. The Balaban J connectivity index is 3.33. The lowest BCUT2D eigenvalue weighted by Gasteiger charge is -2.20. The molecular formula is C72H135NO5. The second-order valence-corrected chi connectivity index (χ2v) is 23.9. The van der Waals surface area contributed by atoms with E-state index in [2.05, 4.69) is 55.6 Å². The van der Waals surface area contributed by atoms with Crippen LogP contribution in [0.1, 0.15) is 373 Å². The van der Waals surface area contributed by atoms with E-state index >= 15 is 0 Å². The number of rotatable bonds is 65. The van der Waals surface area contributed by atoms with Crippen LogP contribution in [0.4, 0.5) is 0 Å². The van der Waals surface area contributed by atoms with Crippen LogP contribution in [0, 0.1) is 0 Å². The molecule has 0 aliphatic rings. The number of carbonyl (C=O) groups is 2. The van der Waals surface area contributed by atoms with Crippen molar-refractivity contribution in [2.45, 2.75) is 386 Å². The van der Waals surface area contributed by atoms with Crippen molar-refractivity contribution in [2.24, 2.45) is 0 Å². The van der Waals surface area contributed by atoms with Gasteiger partial charge in [-0.25, -0.2) is 0 Å². The molecule has 2 unspecified atom stereocenters. The van der Waals surface area contributed by atoms with Gasteiger partial charge in [-0.15, -0.1) is 0 Å². The number of hydrogen-bond acceptors (Lipinski definition) is 5. The molecule has 0 rings (SSSR count). The van der Waals surface area contributed by atoms with Crippen LogP contribution in [0.3, 0.4) is 0 Å². The van der Waals surface area contributed by atoms with Crippen LogP contribution in [0.2, 0.25) is 0 Å². The monoisotopic (exact) mass is 1090 g/mol. The minimum absolute atomic E-state index is 0.00566. The predicted octanol–water partition coefficient (Wildman–Crippen LogP) is 22.5. The highest BCUT2D eigenvalue weighted by molar-refractivity contribution is 5.76. The topological polar surface area (TPSA) is 95.9 Å². The summed E-state index contributed by atoms with van der Waals surface area (Å²) in [6.45, 7) is 4.84. The number of aliphatic hydroxyl groups is 2. The summed E-state index contributed by atoms with van der Waals surface area (Å²) in [6, 6.07) is -0.623. The van der Waals surface area contributed by atoms with E-state index in [4.69, 9.17) is 4.74 Å². The van der Waals surface area contributed by atoms with Crippen LogP contribution in [-0.2, 0) is 14.3 Å². The molecule has 0 spiro atoms. The highest BCUT2D eigenvalue weighted by Crippen LogP contribution is 2.18. The van der Waals surface area contributed by atoms with E-state index < -0.39 is 12.1 Å². The SMILES string of the molecule is CCC/C=C\C/C=C\CCCCCCCC(=O)OCCCCCCCCCCCCCCCCCC/C=C\CCCCCCCCCCCCCCCCCCCC(=O)NC(CO)C(O)/C=C/CCCCCCCCCCC. The first-order valence-electron chi connectivity index (χ1n) is 34.9. The zero-order valence-electron chi connectivity index (χ0n) is 52.4. The van der Waals surface area contributed by atoms with Crippen molar-refractivity contribution in [1.82, 2.24) is 5.32 Å². The van der Waals surface area contributed by atoms with Crippen molar-refractivity contribution in [3.63, 3.8) is 0 Å². The molecule has 0 aromatic heterocycles. The molecule has 0 saturated carbocycles. The molecule has 0 heterocycles. The average molecular weight is 1090 g/mol. The lowest BCUT2D eigenvalue weighted by molar-refractivity contribution is -0.143. The van der Waals surface area contributed by atoms with E-state index in [1.165, 1.54) is 295 Å². The summed E-state index contributed by atoms with van der Waals surface area (Å²) in [6.07, 6.45) is 87.8. The molecule has 0 aromatic rings. The normalized spacial score (nSPS) is 12.8. The Bertz CT molecular complexity index is 1310. The van der Waals surface area contributed by atoms with Gasteiger partial charge in [-0.05, 0) is 83.5 Å². The number of carbonyl (C=O) groups excluding carboxylic acids is 2. The maximum absolute atomic E-state index is 12.4. The number of amides is 1. The molecule has 6 heteroatoms. The molecule has 0 radical (unpaired) electrons. The van der Waals surface area contributed by atoms with E-state index in [0.29, 0.717) is 19.4 Å². The molecule has 2 atom stereocenters. The van der Waals surface area contributed by atoms with Gasteiger partial charge in [0, 0.05) is 12.8 Å². The second kappa shape index (κ2) is 67.3. The fraction of sp³-hybridized carbons (Fsp3) is 0.861. The van der Waals surface area contributed by atoms with Gasteiger partial charge in [-0.2, -0.15) is 0 Å². The van der Waals surface area contributed by atoms with Gasteiger partial charge in [0.25, 0.3) is 0 Å². The fourth-order valence-electron chi connectivity index (χ4n) is 10.7. The quantitative estimate of drug-likeness (QED) is 0.0320. The predicted molar refractivity (Wildman–Crippen MR) is 342 cm³/mol. The maximum atomic E-state index is 12.4. The molecule has 78 heavy (non-hydrogen) atoms. The van der Waals surface area contributed by atoms with Crippen LogP contribution in [-0.4, -0.2) is 47.4 Å². The third-order valence-electron chi connectivity index (χ3n) is 16.0. The summed E-state index contributed by atoms with van der Waals surface area (Å²) in [7, 11) is 0. The number of nitrogens with one attached hydrogen (secondary N) is 1. The first kappa shape index (κ1) is 75.8. The van der Waals surface area contributed by atoms with Crippen molar-refractivity contribution in [2.75, 3.05) is 13.2 Å². The number of ether oxygens (including phenoxy) is 1. The summed E-state index contributed by atoms with van der Waals surface area (Å²) in [5.41, 5.74) is 0. The third-order valence-corrected chi connectivity index (χ3v) is 16.0. The summed E-state index contributed by atoms with van der Waals surface area (Å²) in [4.78, 5) is 24.5. The number of esters is 1. The van der Waals surface area contributed by atoms with Crippen LogP contribution in [0.5, 0.6) is 0 Å². The molecule has 458 valence electrons. The number of unbranched alkanes of at least 4 members (excludes halogenated alkanes) is 48. The summed E-state index contributed by atoms with van der Waals surface area (Å²) < 4.78 is 5.48. The fourth-order valence-corrected chi connectivity index (χ4v) is 10.7. The number of aliphatic hydroxyl groups excluding tert-OH is 2. The molecular weight excluding hydrogens is 959 g/mol. The average Bonchev–Trinajstić information content (AvgIpc) is 3.44. The van der Waals surface area contributed by atoms with Gasteiger partial charge in [0.1, 0.15) is 0 Å². The maximum Gasteiger partial charge on any atom is 0.305 e. The lowest BCUT2D eigenvalue weighted by Crippen LogP contribution is -2.45. The highest BCUT2D eigenvalue weighted by Gasteiger charge is 2.18. The van der Waals surface area contributed by atoms with E-state index in [1.54, 1.807) is 6.08 Å². The Morgan fingerprint density at radius 1 is 0.359 bits per heavy atom. The van der Waals surface area contributed by atoms with E-state index in [9.17, 15) is 19.8 Å². The zero-order chi connectivity index (χ0) is 56.4. The van der Waals surface area contributed by atoms with Crippen molar-refractivity contribution in [1.29, 1.82) is 0 Å². The molecule has 0 bridgehead atoms. The first-order valence-corrected chi connectivity index (χ1v) is 34.9. The molecule has 6 nitrogen and oxygen atoms in total. The van der Waals surface area contributed by atoms with Crippen LogP contribution in [0.25, 0.3) is 0 Å².